The van der Waals surface area contributed by atoms with Crippen LogP contribution < -0.4 is 5.32 Å². The number of likely N-dealkylation sites (N-methyl/N-ethyl adjacent to an activating group) is 1. The standard InChI is InChI=1S/C20H28N4O3S/c1-2-23-11-5-7-18(23)15-22-20(25)16-9-12-24(13-10-16)28(26,27)19-8-4-3-6-17(19)14-21/h3-4,6,8,16,18H,2,5,7,9-13,15H2,1H3,(H,22,25)/t18-/m0/s1. The van der Waals surface area contributed by atoms with E-state index >= 15 is 0 Å². The van der Waals surface area contributed by atoms with Gasteiger partial charge in [0.1, 0.15) is 6.07 Å². The van der Waals surface area contributed by atoms with Crippen molar-refractivity contribution in [3.05, 3.63) is 29.8 Å². The van der Waals surface area contributed by atoms with Gasteiger partial charge in [0.25, 0.3) is 0 Å². The topological polar surface area (TPSA) is 93.5 Å². The Morgan fingerprint density at radius 1 is 1.21 bits per heavy atom. The quantitative estimate of drug-likeness (QED) is 0.777. The van der Waals surface area contributed by atoms with Gasteiger partial charge in [-0.1, -0.05) is 19.1 Å². The molecule has 0 radical (unpaired) electrons. The van der Waals surface area contributed by atoms with E-state index in [0.717, 1.165) is 19.5 Å². The minimum Gasteiger partial charge on any atom is -0.354 e. The number of hydrogen-bond donors (Lipinski definition) is 1. The fraction of sp³-hybridized carbons (Fsp3) is 0.600. The smallest absolute Gasteiger partial charge is 0.244 e. The molecule has 3 rings (SSSR count). The van der Waals surface area contributed by atoms with Crippen molar-refractivity contribution in [2.24, 2.45) is 5.92 Å². The van der Waals surface area contributed by atoms with E-state index in [2.05, 4.69) is 17.1 Å². The molecule has 1 aromatic rings. The lowest BCUT2D eigenvalue weighted by atomic mass is 9.97. The lowest BCUT2D eigenvalue weighted by Crippen LogP contribution is -2.46. The van der Waals surface area contributed by atoms with E-state index in [-0.39, 0.29) is 22.3 Å². The van der Waals surface area contributed by atoms with Crippen molar-refractivity contribution >= 4 is 15.9 Å². The van der Waals surface area contributed by atoms with E-state index in [1.54, 1.807) is 12.1 Å². The molecule has 2 aliphatic rings. The third-order valence-corrected chi connectivity index (χ3v) is 7.82. The molecule has 2 saturated heterocycles. The van der Waals surface area contributed by atoms with Gasteiger partial charge in [-0.2, -0.15) is 9.57 Å². The summed E-state index contributed by atoms with van der Waals surface area (Å²) >= 11 is 0. The van der Waals surface area contributed by atoms with E-state index < -0.39 is 10.0 Å². The Bertz CT molecular complexity index is 841. The zero-order valence-corrected chi connectivity index (χ0v) is 17.1. The van der Waals surface area contributed by atoms with Crippen molar-refractivity contribution in [1.82, 2.24) is 14.5 Å². The van der Waals surface area contributed by atoms with E-state index in [1.807, 2.05) is 6.07 Å². The molecule has 2 fully saturated rings. The highest BCUT2D eigenvalue weighted by atomic mass is 32.2. The molecule has 0 aromatic heterocycles. The first kappa shape index (κ1) is 20.8. The van der Waals surface area contributed by atoms with E-state index in [0.29, 0.717) is 38.5 Å². The van der Waals surface area contributed by atoms with Crippen LogP contribution in [-0.4, -0.2) is 62.3 Å². The zero-order valence-electron chi connectivity index (χ0n) is 16.3. The highest BCUT2D eigenvalue weighted by Gasteiger charge is 2.33. The van der Waals surface area contributed by atoms with Crippen LogP contribution >= 0.6 is 0 Å². The molecular formula is C20H28N4O3S. The van der Waals surface area contributed by atoms with Crippen molar-refractivity contribution in [2.45, 2.75) is 43.5 Å². The van der Waals surface area contributed by atoms with Gasteiger partial charge in [0, 0.05) is 31.6 Å². The molecular weight excluding hydrogens is 376 g/mol. The maximum Gasteiger partial charge on any atom is 0.244 e. The SMILES string of the molecule is CCN1CCC[C@H]1CNC(=O)C1CCN(S(=O)(=O)c2ccccc2C#N)CC1. The van der Waals surface area contributed by atoms with Crippen LogP contribution in [0.1, 0.15) is 38.2 Å². The predicted molar refractivity (Wildman–Crippen MR) is 106 cm³/mol. The van der Waals surface area contributed by atoms with Gasteiger partial charge in [0.05, 0.1) is 10.5 Å². The van der Waals surface area contributed by atoms with Gasteiger partial charge >= 0.3 is 0 Å². The fourth-order valence-corrected chi connectivity index (χ4v) is 5.80. The summed E-state index contributed by atoms with van der Waals surface area (Å²) in [6.07, 6.45) is 3.29. The van der Waals surface area contributed by atoms with Crippen LogP contribution in [0.2, 0.25) is 0 Å². The number of carbonyl (C=O) groups is 1. The van der Waals surface area contributed by atoms with Crippen LogP contribution in [0.25, 0.3) is 0 Å². The summed E-state index contributed by atoms with van der Waals surface area (Å²) in [4.78, 5) is 15.0. The second kappa shape index (κ2) is 9.03. The zero-order chi connectivity index (χ0) is 20.1. The predicted octanol–water partition coefficient (Wildman–Crippen LogP) is 1.56. The van der Waals surface area contributed by atoms with Crippen LogP contribution in [0.15, 0.2) is 29.2 Å². The Kier molecular flexibility index (Phi) is 6.70. The van der Waals surface area contributed by atoms with Crippen LogP contribution in [0.3, 0.4) is 0 Å². The van der Waals surface area contributed by atoms with Crippen LogP contribution in [0.4, 0.5) is 0 Å². The second-order valence-corrected chi connectivity index (χ2v) is 9.36. The van der Waals surface area contributed by atoms with Crippen molar-refractivity contribution in [3.8, 4) is 6.07 Å². The average Bonchev–Trinajstić information content (AvgIpc) is 3.19. The number of piperidine rings is 1. The number of nitriles is 1. The highest BCUT2D eigenvalue weighted by Crippen LogP contribution is 2.26. The molecule has 1 aromatic carbocycles. The number of amides is 1. The summed E-state index contributed by atoms with van der Waals surface area (Å²) in [5, 5.41) is 12.3. The Morgan fingerprint density at radius 2 is 1.93 bits per heavy atom. The number of benzene rings is 1. The minimum atomic E-state index is -3.72. The summed E-state index contributed by atoms with van der Waals surface area (Å²) in [5.41, 5.74) is 0.152. The van der Waals surface area contributed by atoms with Crippen LogP contribution in [0, 0.1) is 17.2 Å². The first-order chi connectivity index (χ1) is 13.5. The highest BCUT2D eigenvalue weighted by molar-refractivity contribution is 7.89. The molecule has 1 atom stereocenters. The third-order valence-electron chi connectivity index (χ3n) is 5.87. The summed E-state index contributed by atoms with van der Waals surface area (Å²) in [6, 6.07) is 8.61. The van der Waals surface area contributed by atoms with Gasteiger partial charge in [-0.15, -0.1) is 0 Å². The maximum atomic E-state index is 12.9. The number of likely N-dealkylation sites (tertiary alicyclic amines) is 1. The molecule has 8 heteroatoms. The van der Waals surface area contributed by atoms with Gasteiger partial charge in [-0.3, -0.25) is 9.69 Å². The molecule has 1 N–H and O–H groups in total. The lowest BCUT2D eigenvalue weighted by molar-refractivity contribution is -0.126. The fourth-order valence-electron chi connectivity index (χ4n) is 4.19. The first-order valence-electron chi connectivity index (χ1n) is 9.98. The van der Waals surface area contributed by atoms with E-state index in [1.165, 1.54) is 22.9 Å². The monoisotopic (exact) mass is 404 g/mol. The van der Waals surface area contributed by atoms with Gasteiger partial charge in [0.2, 0.25) is 15.9 Å². The number of carbonyl (C=O) groups excluding carboxylic acids is 1. The average molecular weight is 405 g/mol. The first-order valence-corrected chi connectivity index (χ1v) is 11.4. The molecule has 2 aliphatic heterocycles. The molecule has 0 aliphatic carbocycles. The van der Waals surface area contributed by atoms with Gasteiger partial charge in [-0.25, -0.2) is 8.42 Å². The molecule has 28 heavy (non-hydrogen) atoms. The second-order valence-electron chi connectivity index (χ2n) is 7.46. The Balaban J connectivity index is 1.55. The van der Waals surface area contributed by atoms with Gasteiger partial charge in [0.15, 0.2) is 0 Å². The van der Waals surface area contributed by atoms with Gasteiger partial charge in [-0.05, 0) is 50.9 Å². The largest absolute Gasteiger partial charge is 0.354 e. The molecule has 7 nitrogen and oxygen atoms in total. The van der Waals surface area contributed by atoms with Crippen molar-refractivity contribution in [2.75, 3.05) is 32.7 Å². The van der Waals surface area contributed by atoms with Crippen molar-refractivity contribution < 1.29 is 13.2 Å². The van der Waals surface area contributed by atoms with E-state index in [9.17, 15) is 18.5 Å². The maximum absolute atomic E-state index is 12.9. The molecule has 0 saturated carbocycles. The van der Waals surface area contributed by atoms with Crippen LogP contribution in [-0.2, 0) is 14.8 Å². The number of nitrogens with zero attached hydrogens (tertiary/aromatic N) is 3. The molecule has 0 spiro atoms. The summed E-state index contributed by atoms with van der Waals surface area (Å²) in [7, 11) is -3.72. The van der Waals surface area contributed by atoms with Crippen molar-refractivity contribution in [3.63, 3.8) is 0 Å². The Morgan fingerprint density at radius 3 is 2.61 bits per heavy atom. The number of hydrogen-bond acceptors (Lipinski definition) is 5. The summed E-state index contributed by atoms with van der Waals surface area (Å²) < 4.78 is 27.2. The number of nitrogens with one attached hydrogen (secondary N) is 1. The Hall–Kier alpha value is -1.95. The van der Waals surface area contributed by atoms with Crippen LogP contribution in [0.5, 0.6) is 0 Å². The molecule has 1 amide bonds. The third kappa shape index (κ3) is 4.37. The number of sulfonamides is 1. The number of rotatable bonds is 6. The summed E-state index contributed by atoms with van der Waals surface area (Å²) in [5.74, 6) is -0.133. The lowest BCUT2D eigenvalue weighted by Gasteiger charge is -2.31. The summed E-state index contributed by atoms with van der Waals surface area (Å²) in [6.45, 7) is 5.50. The van der Waals surface area contributed by atoms with E-state index in [4.69, 9.17) is 0 Å². The normalized spacial score (nSPS) is 22.1. The Labute approximate surface area is 167 Å². The molecule has 0 unspecified atom stereocenters. The minimum absolute atomic E-state index is 0.0254. The van der Waals surface area contributed by atoms with Crippen molar-refractivity contribution in [1.29, 1.82) is 5.26 Å². The molecule has 0 bridgehead atoms. The van der Waals surface area contributed by atoms with Gasteiger partial charge < -0.3 is 5.32 Å². The molecule has 152 valence electrons. The molecule has 2 heterocycles.